The molecule has 0 aromatic carbocycles. The molecule has 0 bridgehead atoms. The fourth-order valence-corrected chi connectivity index (χ4v) is 3.41. The number of nitrogens with one attached hydrogen (secondary N) is 1. The molecule has 0 unspecified atom stereocenters. The van der Waals surface area contributed by atoms with Gasteiger partial charge in [0.25, 0.3) is 5.56 Å². The van der Waals surface area contributed by atoms with E-state index in [9.17, 15) is 9.59 Å². The highest BCUT2D eigenvalue weighted by atomic mass is 16.3. The van der Waals surface area contributed by atoms with Crippen molar-refractivity contribution in [1.82, 2.24) is 18.7 Å². The van der Waals surface area contributed by atoms with E-state index in [1.165, 1.54) is 16.5 Å². The number of aliphatic hydroxyl groups excluding tert-OH is 1. The molecule has 0 aliphatic carbocycles. The van der Waals surface area contributed by atoms with Crippen molar-refractivity contribution in [2.45, 2.75) is 6.54 Å². The van der Waals surface area contributed by atoms with E-state index in [0.29, 0.717) is 23.7 Å². The molecule has 1 fully saturated rings. The Balaban J connectivity index is 2.10. The smallest absolute Gasteiger partial charge is 0.332 e. The van der Waals surface area contributed by atoms with Gasteiger partial charge in [-0.2, -0.15) is 4.98 Å². The molecule has 0 amide bonds. The summed E-state index contributed by atoms with van der Waals surface area (Å²) in [6.45, 7) is 8.51. The standard InChI is InChI=1S/C16H24N6O3/c1-4-5-22-12-13(18(2)16(25)19(3)14(12)24)17-15(22)21-8-6-20(7-9-21)10-11-23/h4,23H,1,5-11H2,2-3H3/p+1. The van der Waals surface area contributed by atoms with E-state index in [4.69, 9.17) is 5.11 Å². The van der Waals surface area contributed by atoms with Gasteiger partial charge in [-0.15, -0.1) is 6.58 Å². The van der Waals surface area contributed by atoms with E-state index in [0.717, 1.165) is 37.3 Å². The Morgan fingerprint density at radius 3 is 2.52 bits per heavy atom. The number of aromatic nitrogens is 4. The zero-order valence-corrected chi connectivity index (χ0v) is 14.7. The van der Waals surface area contributed by atoms with Gasteiger partial charge in [0.05, 0.1) is 32.8 Å². The van der Waals surface area contributed by atoms with Gasteiger partial charge in [-0.05, 0) is 0 Å². The topological polar surface area (TPSA) is 89.7 Å². The molecule has 3 rings (SSSR count). The maximum atomic E-state index is 12.6. The lowest BCUT2D eigenvalue weighted by molar-refractivity contribution is -0.900. The SMILES string of the molecule is C=CCn1c(N2CC[NH+](CCO)CC2)nc2c1c(=O)n(C)c(=O)n2C. The third-order valence-corrected chi connectivity index (χ3v) is 4.86. The van der Waals surface area contributed by atoms with Gasteiger partial charge in [-0.1, -0.05) is 6.08 Å². The zero-order chi connectivity index (χ0) is 18.1. The second-order valence-electron chi connectivity index (χ2n) is 6.40. The van der Waals surface area contributed by atoms with Crippen molar-refractivity contribution in [2.24, 2.45) is 14.1 Å². The Bertz CT molecular complexity index is 901. The lowest BCUT2D eigenvalue weighted by Crippen LogP contribution is -3.15. The average Bonchev–Trinajstić information content (AvgIpc) is 2.99. The summed E-state index contributed by atoms with van der Waals surface area (Å²) in [5.74, 6) is 0.691. The van der Waals surface area contributed by atoms with Gasteiger partial charge in [0, 0.05) is 20.6 Å². The fourth-order valence-electron chi connectivity index (χ4n) is 3.41. The quantitative estimate of drug-likeness (QED) is 0.574. The van der Waals surface area contributed by atoms with E-state index < -0.39 is 0 Å². The number of quaternary nitrogens is 1. The minimum absolute atomic E-state index is 0.183. The molecule has 0 radical (unpaired) electrons. The van der Waals surface area contributed by atoms with Crippen LogP contribution in [0.3, 0.4) is 0 Å². The summed E-state index contributed by atoms with van der Waals surface area (Å²) in [7, 11) is 3.11. The normalized spacial score (nSPS) is 15.9. The highest BCUT2D eigenvalue weighted by Crippen LogP contribution is 2.19. The van der Waals surface area contributed by atoms with Gasteiger partial charge >= 0.3 is 5.69 Å². The van der Waals surface area contributed by atoms with Crippen LogP contribution in [0.4, 0.5) is 5.95 Å². The molecule has 2 N–H and O–H groups in total. The van der Waals surface area contributed by atoms with Gasteiger partial charge in [0.1, 0.15) is 6.54 Å². The van der Waals surface area contributed by atoms with E-state index in [1.807, 2.05) is 4.57 Å². The number of hydrogen-bond acceptors (Lipinski definition) is 5. The summed E-state index contributed by atoms with van der Waals surface area (Å²) >= 11 is 0. The number of aryl methyl sites for hydroxylation is 1. The van der Waals surface area contributed by atoms with Crippen molar-refractivity contribution in [1.29, 1.82) is 0 Å². The molecule has 2 aromatic heterocycles. The molecule has 0 spiro atoms. The van der Waals surface area contributed by atoms with Crippen molar-refractivity contribution in [2.75, 3.05) is 44.2 Å². The molecule has 1 saturated heterocycles. The van der Waals surface area contributed by atoms with Gasteiger partial charge in [0.15, 0.2) is 11.2 Å². The summed E-state index contributed by atoms with van der Waals surface area (Å²) in [5, 5.41) is 9.09. The minimum atomic E-state index is -0.385. The van der Waals surface area contributed by atoms with Crippen molar-refractivity contribution < 1.29 is 10.0 Å². The van der Waals surface area contributed by atoms with Crippen LogP contribution in [0.2, 0.25) is 0 Å². The first-order chi connectivity index (χ1) is 12.0. The maximum absolute atomic E-state index is 12.6. The predicted molar refractivity (Wildman–Crippen MR) is 95.3 cm³/mol. The van der Waals surface area contributed by atoms with Crippen molar-refractivity contribution >= 4 is 17.1 Å². The molecule has 25 heavy (non-hydrogen) atoms. The summed E-state index contributed by atoms with van der Waals surface area (Å²) in [4.78, 5) is 32.9. The number of rotatable bonds is 5. The van der Waals surface area contributed by atoms with Crippen LogP contribution in [0.25, 0.3) is 11.2 Å². The number of hydrogen-bond donors (Lipinski definition) is 2. The van der Waals surface area contributed by atoms with Crippen LogP contribution in [0.15, 0.2) is 22.2 Å². The molecule has 9 nitrogen and oxygen atoms in total. The molecule has 1 aliphatic heterocycles. The monoisotopic (exact) mass is 349 g/mol. The summed E-state index contributed by atoms with van der Waals surface area (Å²) in [6.07, 6.45) is 1.72. The summed E-state index contributed by atoms with van der Waals surface area (Å²) < 4.78 is 4.35. The maximum Gasteiger partial charge on any atom is 0.332 e. The number of imidazole rings is 1. The molecule has 1 aliphatic rings. The first kappa shape index (κ1) is 17.4. The molecular weight excluding hydrogens is 324 g/mol. The first-order valence-electron chi connectivity index (χ1n) is 8.46. The second-order valence-corrected chi connectivity index (χ2v) is 6.40. The Morgan fingerprint density at radius 2 is 1.92 bits per heavy atom. The Kier molecular flexibility index (Phi) is 4.78. The van der Waals surface area contributed by atoms with Gasteiger partial charge in [0.2, 0.25) is 5.95 Å². The number of nitrogens with zero attached hydrogens (tertiary/aromatic N) is 5. The van der Waals surface area contributed by atoms with E-state index >= 15 is 0 Å². The second kappa shape index (κ2) is 6.85. The highest BCUT2D eigenvalue weighted by Gasteiger charge is 2.26. The summed E-state index contributed by atoms with van der Waals surface area (Å²) in [6, 6.07) is 0. The predicted octanol–water partition coefficient (Wildman–Crippen LogP) is -2.68. The highest BCUT2D eigenvalue weighted by molar-refractivity contribution is 5.74. The van der Waals surface area contributed by atoms with E-state index in [1.54, 1.807) is 13.1 Å². The molecular formula is C16H25N6O3+. The van der Waals surface area contributed by atoms with E-state index in [-0.39, 0.29) is 17.9 Å². The van der Waals surface area contributed by atoms with Crippen LogP contribution in [-0.2, 0) is 20.6 Å². The summed E-state index contributed by atoms with van der Waals surface area (Å²) in [5.41, 5.74) is 0.0903. The molecule has 9 heteroatoms. The number of anilines is 1. The van der Waals surface area contributed by atoms with Crippen LogP contribution >= 0.6 is 0 Å². The number of aliphatic hydroxyl groups is 1. The van der Waals surface area contributed by atoms with Crippen molar-refractivity contribution in [3.63, 3.8) is 0 Å². The molecule has 0 saturated carbocycles. The van der Waals surface area contributed by atoms with Gasteiger partial charge in [-0.25, -0.2) is 4.79 Å². The third-order valence-electron chi connectivity index (χ3n) is 4.86. The first-order valence-corrected chi connectivity index (χ1v) is 8.46. The number of allylic oxidation sites excluding steroid dienone is 1. The number of piperazine rings is 1. The average molecular weight is 349 g/mol. The largest absolute Gasteiger partial charge is 0.391 e. The van der Waals surface area contributed by atoms with Crippen LogP contribution in [0.5, 0.6) is 0 Å². The molecule has 2 aromatic rings. The lowest BCUT2D eigenvalue weighted by Gasteiger charge is -2.32. The zero-order valence-electron chi connectivity index (χ0n) is 14.7. The number of fused-ring (bicyclic) bond motifs is 1. The van der Waals surface area contributed by atoms with Crippen molar-refractivity contribution in [3.8, 4) is 0 Å². The van der Waals surface area contributed by atoms with Crippen LogP contribution in [0.1, 0.15) is 0 Å². The van der Waals surface area contributed by atoms with Crippen LogP contribution in [0, 0.1) is 0 Å². The molecule has 3 heterocycles. The van der Waals surface area contributed by atoms with Gasteiger partial charge < -0.3 is 19.5 Å². The van der Waals surface area contributed by atoms with Crippen LogP contribution < -0.4 is 21.0 Å². The van der Waals surface area contributed by atoms with E-state index in [2.05, 4.69) is 16.5 Å². The van der Waals surface area contributed by atoms with Crippen LogP contribution in [-0.4, -0.2) is 63.1 Å². The Labute approximate surface area is 145 Å². The third kappa shape index (κ3) is 2.89. The molecule has 136 valence electrons. The Morgan fingerprint density at radius 1 is 1.24 bits per heavy atom. The van der Waals surface area contributed by atoms with Crippen molar-refractivity contribution in [3.05, 3.63) is 33.5 Å². The molecule has 0 atom stereocenters. The fraction of sp³-hybridized carbons (Fsp3) is 0.562. The Hall–Kier alpha value is -2.39. The van der Waals surface area contributed by atoms with Gasteiger partial charge in [-0.3, -0.25) is 13.9 Å². The minimum Gasteiger partial charge on any atom is -0.391 e. The lowest BCUT2D eigenvalue weighted by atomic mass is 10.3.